The molecule has 2 aliphatic heterocycles. The van der Waals surface area contributed by atoms with Gasteiger partial charge in [-0.15, -0.1) is 0 Å². The number of aromatic amines is 1. The molecule has 0 radical (unpaired) electrons. The Morgan fingerprint density at radius 3 is 2.67 bits per heavy atom. The zero-order valence-electron chi connectivity index (χ0n) is 15.4. The molecule has 2 aromatic rings. The number of hydrogen-bond donors (Lipinski definition) is 1. The zero-order valence-corrected chi connectivity index (χ0v) is 15.4. The number of fused-ring (bicyclic) bond motifs is 1. The van der Waals surface area contributed by atoms with Crippen molar-refractivity contribution in [3.8, 4) is 0 Å². The van der Waals surface area contributed by atoms with Gasteiger partial charge in [0.1, 0.15) is 0 Å². The lowest BCUT2D eigenvalue weighted by atomic mass is 9.87. The van der Waals surface area contributed by atoms with Gasteiger partial charge in [0.2, 0.25) is 5.91 Å². The Hall–Kier alpha value is -2.96. The van der Waals surface area contributed by atoms with E-state index in [1.807, 2.05) is 30.0 Å². The third-order valence-corrected chi connectivity index (χ3v) is 5.77. The molecule has 0 unspecified atom stereocenters. The van der Waals surface area contributed by atoms with Crippen LogP contribution in [0.3, 0.4) is 0 Å². The fourth-order valence-corrected chi connectivity index (χ4v) is 4.51. The molecule has 3 heterocycles. The summed E-state index contributed by atoms with van der Waals surface area (Å²) >= 11 is 0. The van der Waals surface area contributed by atoms with Crippen molar-refractivity contribution < 1.29 is 9.59 Å². The van der Waals surface area contributed by atoms with Gasteiger partial charge in [0.15, 0.2) is 5.69 Å². The first-order valence-electron chi connectivity index (χ1n) is 9.13. The predicted octanol–water partition coefficient (Wildman–Crippen LogP) is 1.37. The smallest absolute Gasteiger partial charge is 0.279 e. The monoisotopic (exact) mass is 366 g/mol. The van der Waals surface area contributed by atoms with Crippen molar-refractivity contribution in [3.05, 3.63) is 63.8 Å². The molecule has 7 nitrogen and oxygen atoms in total. The quantitative estimate of drug-likeness (QED) is 0.870. The van der Waals surface area contributed by atoms with E-state index in [-0.39, 0.29) is 35.4 Å². The molecule has 2 amide bonds. The van der Waals surface area contributed by atoms with Crippen LogP contribution in [0.5, 0.6) is 0 Å². The van der Waals surface area contributed by atoms with Crippen molar-refractivity contribution in [2.45, 2.75) is 19.9 Å². The number of rotatable bonds is 2. The Balaban J connectivity index is 1.64. The fraction of sp³-hybridized carbons (Fsp3) is 0.400. The van der Waals surface area contributed by atoms with E-state index in [0.29, 0.717) is 19.6 Å². The maximum atomic E-state index is 12.8. The molecule has 1 aromatic carbocycles. The van der Waals surface area contributed by atoms with Crippen molar-refractivity contribution in [2.24, 2.45) is 11.8 Å². The molecule has 2 fully saturated rings. The molecule has 2 saturated heterocycles. The van der Waals surface area contributed by atoms with Gasteiger partial charge in [-0.25, -0.2) is 4.98 Å². The van der Waals surface area contributed by atoms with Gasteiger partial charge in [0.25, 0.3) is 11.5 Å². The number of likely N-dealkylation sites (tertiary alicyclic amines) is 2. The summed E-state index contributed by atoms with van der Waals surface area (Å²) in [6, 6.07) is 8.03. The van der Waals surface area contributed by atoms with Crippen molar-refractivity contribution in [3.63, 3.8) is 0 Å². The van der Waals surface area contributed by atoms with Gasteiger partial charge in [-0.05, 0) is 18.1 Å². The average molecular weight is 366 g/mol. The van der Waals surface area contributed by atoms with E-state index in [1.165, 1.54) is 12.4 Å². The zero-order chi connectivity index (χ0) is 19.1. The van der Waals surface area contributed by atoms with Crippen LogP contribution in [-0.2, 0) is 4.79 Å². The summed E-state index contributed by atoms with van der Waals surface area (Å²) in [7, 11) is 0. The van der Waals surface area contributed by atoms with Gasteiger partial charge < -0.3 is 14.8 Å². The third-order valence-electron chi connectivity index (χ3n) is 5.77. The lowest BCUT2D eigenvalue weighted by Gasteiger charge is -2.30. The number of H-pyrrole nitrogens is 1. The third kappa shape index (κ3) is 2.93. The van der Waals surface area contributed by atoms with Crippen LogP contribution in [0.15, 0.2) is 41.5 Å². The summed E-state index contributed by atoms with van der Waals surface area (Å²) in [6.45, 7) is 5.32. The SMILES string of the molecule is CC(=O)N1C[C@H]2CN(C(=O)c3ncc[nH]c3=O)C[C@H]2[C@@H]1c1ccccc1C. The molecular formula is C20H22N4O3. The van der Waals surface area contributed by atoms with E-state index in [0.717, 1.165) is 11.1 Å². The van der Waals surface area contributed by atoms with Crippen molar-refractivity contribution in [1.29, 1.82) is 0 Å². The van der Waals surface area contributed by atoms with Crippen LogP contribution in [0.1, 0.15) is 34.6 Å². The summed E-state index contributed by atoms with van der Waals surface area (Å²) in [6.07, 6.45) is 2.83. The van der Waals surface area contributed by atoms with Gasteiger partial charge >= 0.3 is 0 Å². The number of nitrogens with one attached hydrogen (secondary N) is 1. The Bertz CT molecular complexity index is 954. The Labute approximate surface area is 157 Å². The highest BCUT2D eigenvalue weighted by Crippen LogP contribution is 2.45. The number of amides is 2. The van der Waals surface area contributed by atoms with Crippen molar-refractivity contribution >= 4 is 11.8 Å². The van der Waals surface area contributed by atoms with E-state index in [1.54, 1.807) is 11.8 Å². The van der Waals surface area contributed by atoms with Gasteiger partial charge in [0, 0.05) is 50.8 Å². The van der Waals surface area contributed by atoms with Crippen LogP contribution in [0.2, 0.25) is 0 Å². The fourth-order valence-electron chi connectivity index (χ4n) is 4.51. The summed E-state index contributed by atoms with van der Waals surface area (Å²) in [5.41, 5.74) is 1.72. The van der Waals surface area contributed by atoms with E-state index in [9.17, 15) is 14.4 Å². The van der Waals surface area contributed by atoms with Crippen molar-refractivity contribution in [1.82, 2.24) is 19.8 Å². The number of nitrogens with zero attached hydrogens (tertiary/aromatic N) is 3. The minimum Gasteiger partial charge on any atom is -0.336 e. The second kappa shape index (κ2) is 6.64. The molecule has 0 bridgehead atoms. The number of aromatic nitrogens is 2. The molecule has 1 N–H and O–H groups in total. The summed E-state index contributed by atoms with van der Waals surface area (Å²) in [5.74, 6) is 0.0628. The Morgan fingerprint density at radius 1 is 1.19 bits per heavy atom. The van der Waals surface area contributed by atoms with Crippen LogP contribution in [0.4, 0.5) is 0 Å². The Morgan fingerprint density at radius 2 is 1.96 bits per heavy atom. The van der Waals surface area contributed by atoms with Crippen LogP contribution >= 0.6 is 0 Å². The lowest BCUT2D eigenvalue weighted by Crippen LogP contribution is -2.38. The number of aryl methyl sites for hydroxylation is 1. The maximum absolute atomic E-state index is 12.8. The maximum Gasteiger partial charge on any atom is 0.279 e. The van der Waals surface area contributed by atoms with E-state index in [4.69, 9.17) is 0 Å². The molecular weight excluding hydrogens is 344 g/mol. The summed E-state index contributed by atoms with van der Waals surface area (Å²) in [5, 5.41) is 0. The first kappa shape index (κ1) is 17.5. The predicted molar refractivity (Wildman–Crippen MR) is 99.0 cm³/mol. The normalized spacial score (nSPS) is 24.1. The first-order chi connectivity index (χ1) is 13.0. The second-order valence-electron chi connectivity index (χ2n) is 7.37. The summed E-state index contributed by atoms with van der Waals surface area (Å²) in [4.78, 5) is 47.0. The largest absolute Gasteiger partial charge is 0.336 e. The molecule has 0 spiro atoms. The molecule has 4 rings (SSSR count). The van der Waals surface area contributed by atoms with Gasteiger partial charge in [-0.3, -0.25) is 14.4 Å². The second-order valence-corrected chi connectivity index (χ2v) is 7.37. The Kier molecular flexibility index (Phi) is 4.30. The summed E-state index contributed by atoms with van der Waals surface area (Å²) < 4.78 is 0. The van der Waals surface area contributed by atoms with Gasteiger partial charge in [-0.2, -0.15) is 0 Å². The molecule has 27 heavy (non-hydrogen) atoms. The minimum absolute atomic E-state index is 0.0477. The van der Waals surface area contributed by atoms with Gasteiger partial charge in [-0.1, -0.05) is 24.3 Å². The molecule has 2 aliphatic rings. The number of hydrogen-bond acceptors (Lipinski definition) is 4. The molecule has 140 valence electrons. The number of benzene rings is 1. The van der Waals surface area contributed by atoms with Gasteiger partial charge in [0.05, 0.1) is 6.04 Å². The highest BCUT2D eigenvalue weighted by Gasteiger charge is 2.50. The van der Waals surface area contributed by atoms with E-state index < -0.39 is 5.56 Å². The highest BCUT2D eigenvalue weighted by atomic mass is 16.2. The molecule has 0 aliphatic carbocycles. The van der Waals surface area contributed by atoms with E-state index in [2.05, 4.69) is 16.0 Å². The standard InChI is InChI=1S/C20H22N4O3/c1-12-5-3-4-6-15(12)18-16-11-23(9-14(16)10-24(18)13(2)25)20(27)17-19(26)22-8-7-21-17/h3-8,14,16,18H,9-11H2,1-2H3,(H,22,26)/t14-,16-,18+/m1/s1. The van der Waals surface area contributed by atoms with Crippen LogP contribution in [0, 0.1) is 18.8 Å². The average Bonchev–Trinajstić information content (AvgIpc) is 3.20. The lowest BCUT2D eigenvalue weighted by molar-refractivity contribution is -0.130. The highest BCUT2D eigenvalue weighted by molar-refractivity contribution is 5.92. The molecule has 7 heteroatoms. The van der Waals surface area contributed by atoms with Crippen LogP contribution < -0.4 is 5.56 Å². The number of carbonyl (C=O) groups is 2. The molecule has 1 aromatic heterocycles. The molecule has 0 saturated carbocycles. The topological polar surface area (TPSA) is 86.4 Å². The van der Waals surface area contributed by atoms with E-state index >= 15 is 0 Å². The van der Waals surface area contributed by atoms with Crippen LogP contribution in [-0.4, -0.2) is 51.2 Å². The van der Waals surface area contributed by atoms with Crippen molar-refractivity contribution in [2.75, 3.05) is 19.6 Å². The number of carbonyl (C=O) groups excluding carboxylic acids is 2. The molecule has 3 atom stereocenters. The van der Waals surface area contributed by atoms with Crippen LogP contribution in [0.25, 0.3) is 0 Å². The minimum atomic E-state index is -0.472. The first-order valence-corrected chi connectivity index (χ1v) is 9.13.